The van der Waals surface area contributed by atoms with Gasteiger partial charge in [0.25, 0.3) is 5.91 Å². The summed E-state index contributed by atoms with van der Waals surface area (Å²) in [7, 11) is 1.55. The number of rotatable bonds is 5. The zero-order chi connectivity index (χ0) is 21.5. The third kappa shape index (κ3) is 3.12. The molecule has 1 aliphatic rings. The summed E-state index contributed by atoms with van der Waals surface area (Å²) in [5.74, 6) is -2.64. The van der Waals surface area contributed by atoms with Crippen molar-refractivity contribution >= 4 is 44.9 Å². The van der Waals surface area contributed by atoms with Crippen LogP contribution < -0.4 is 9.64 Å². The molecule has 2 atom stereocenters. The summed E-state index contributed by atoms with van der Waals surface area (Å²) in [5, 5.41) is 2.83. The van der Waals surface area contributed by atoms with E-state index in [1.807, 2.05) is 12.1 Å². The monoisotopic (exact) mass is 432 g/mol. The Balaban J connectivity index is 1.62. The Kier molecular flexibility index (Phi) is 4.63. The number of carbonyl (C=O) groups is 3. The van der Waals surface area contributed by atoms with Crippen molar-refractivity contribution in [1.29, 1.82) is 0 Å². The summed E-state index contributed by atoms with van der Waals surface area (Å²) in [4.78, 5) is 45.0. The first-order valence-corrected chi connectivity index (χ1v) is 10.4. The molecular formula is C23H16N2O5S. The van der Waals surface area contributed by atoms with E-state index in [4.69, 9.17) is 9.15 Å². The molecule has 1 aliphatic heterocycles. The molecule has 1 saturated heterocycles. The highest BCUT2D eigenvalue weighted by Crippen LogP contribution is 2.42. The number of anilines is 1. The van der Waals surface area contributed by atoms with Crippen LogP contribution in [0.25, 0.3) is 11.0 Å². The number of ether oxygens (including phenoxy) is 1. The molecule has 0 bridgehead atoms. The molecule has 1 fully saturated rings. The number of nitrogens with zero attached hydrogens (tertiary/aromatic N) is 2. The van der Waals surface area contributed by atoms with Crippen molar-refractivity contribution in [2.75, 3.05) is 12.0 Å². The summed E-state index contributed by atoms with van der Waals surface area (Å²) in [6.45, 7) is 0. The number of furan rings is 1. The molecule has 154 valence electrons. The van der Waals surface area contributed by atoms with Crippen LogP contribution in [-0.4, -0.2) is 29.6 Å². The van der Waals surface area contributed by atoms with Gasteiger partial charge in [0.2, 0.25) is 11.6 Å². The van der Waals surface area contributed by atoms with E-state index in [0.717, 1.165) is 5.39 Å². The lowest BCUT2D eigenvalue weighted by molar-refractivity contribution is -0.135. The van der Waals surface area contributed by atoms with Gasteiger partial charge in [-0.3, -0.25) is 19.3 Å². The van der Waals surface area contributed by atoms with Gasteiger partial charge in [-0.25, -0.2) is 4.98 Å². The zero-order valence-electron chi connectivity index (χ0n) is 16.3. The van der Waals surface area contributed by atoms with Gasteiger partial charge in [-0.2, -0.15) is 0 Å². The fraction of sp³-hybridized carbons (Fsp3) is 0.130. The first-order valence-electron chi connectivity index (χ1n) is 9.52. The normalized spacial score (nSPS) is 18.7. The van der Waals surface area contributed by atoms with Gasteiger partial charge >= 0.3 is 0 Å². The molecule has 8 heteroatoms. The standard InChI is InChI=1S/C23H16N2O5S/c1-29-15-8-6-13(7-9-15)19-18(21(27)22(28)25(19)23-24-10-11-31-23)20(26)17-12-14-4-2-3-5-16(14)30-17/h2-12,18-19H,1H3. The number of amides is 1. The summed E-state index contributed by atoms with van der Waals surface area (Å²) >= 11 is 1.23. The molecule has 2 unspecified atom stereocenters. The average Bonchev–Trinajstić information content (AvgIpc) is 3.52. The van der Waals surface area contributed by atoms with Crippen LogP contribution in [-0.2, 0) is 9.59 Å². The van der Waals surface area contributed by atoms with E-state index in [1.165, 1.54) is 16.2 Å². The number of hydrogen-bond donors (Lipinski definition) is 0. The molecule has 31 heavy (non-hydrogen) atoms. The zero-order valence-corrected chi connectivity index (χ0v) is 17.2. The lowest BCUT2D eigenvalue weighted by Crippen LogP contribution is -2.30. The predicted octanol–water partition coefficient (Wildman–Crippen LogP) is 4.05. The van der Waals surface area contributed by atoms with Gasteiger partial charge in [-0.15, -0.1) is 11.3 Å². The molecule has 5 rings (SSSR count). The van der Waals surface area contributed by atoms with Gasteiger partial charge in [0.05, 0.1) is 13.2 Å². The van der Waals surface area contributed by atoms with E-state index >= 15 is 0 Å². The number of aromatic nitrogens is 1. The van der Waals surface area contributed by atoms with Gasteiger partial charge in [0.15, 0.2) is 10.9 Å². The first kappa shape index (κ1) is 19.2. The smallest absolute Gasteiger partial charge is 0.297 e. The van der Waals surface area contributed by atoms with Crippen molar-refractivity contribution in [2.24, 2.45) is 5.92 Å². The molecule has 3 heterocycles. The Morgan fingerprint density at radius 1 is 1.13 bits per heavy atom. The summed E-state index contributed by atoms with van der Waals surface area (Å²) < 4.78 is 10.9. The van der Waals surface area contributed by atoms with E-state index in [-0.39, 0.29) is 5.76 Å². The van der Waals surface area contributed by atoms with Crippen LogP contribution >= 0.6 is 11.3 Å². The van der Waals surface area contributed by atoms with Crippen LogP contribution in [0.3, 0.4) is 0 Å². The van der Waals surface area contributed by atoms with Crippen LogP contribution in [0.1, 0.15) is 22.2 Å². The van der Waals surface area contributed by atoms with E-state index in [0.29, 0.717) is 22.0 Å². The molecule has 0 N–H and O–H groups in total. The second-order valence-corrected chi connectivity index (χ2v) is 7.94. The Morgan fingerprint density at radius 2 is 1.90 bits per heavy atom. The summed E-state index contributed by atoms with van der Waals surface area (Å²) in [6.07, 6.45) is 1.55. The van der Waals surface area contributed by atoms with Crippen LogP contribution in [0.4, 0.5) is 5.13 Å². The Bertz CT molecular complexity index is 1260. The molecule has 0 spiro atoms. The van der Waals surface area contributed by atoms with Gasteiger partial charge in [0, 0.05) is 17.0 Å². The maximum atomic E-state index is 13.5. The minimum atomic E-state index is -1.25. The fourth-order valence-corrected chi connectivity index (χ4v) is 4.55. The topological polar surface area (TPSA) is 89.7 Å². The fourth-order valence-electron chi connectivity index (χ4n) is 3.87. The van der Waals surface area contributed by atoms with E-state index < -0.39 is 29.4 Å². The minimum Gasteiger partial charge on any atom is -0.497 e. The Labute approximate surface area is 180 Å². The molecule has 0 radical (unpaired) electrons. The molecule has 4 aromatic rings. The van der Waals surface area contributed by atoms with Gasteiger partial charge < -0.3 is 9.15 Å². The molecule has 2 aromatic carbocycles. The number of thiazole rings is 1. The van der Waals surface area contributed by atoms with Crippen LogP contribution in [0.5, 0.6) is 5.75 Å². The summed E-state index contributed by atoms with van der Waals surface area (Å²) in [6, 6.07) is 14.9. The molecule has 7 nitrogen and oxygen atoms in total. The van der Waals surface area contributed by atoms with Crippen molar-refractivity contribution in [3.8, 4) is 5.75 Å². The number of carbonyl (C=O) groups excluding carboxylic acids is 3. The van der Waals surface area contributed by atoms with Crippen molar-refractivity contribution in [3.05, 3.63) is 77.5 Å². The molecule has 2 aromatic heterocycles. The van der Waals surface area contributed by atoms with Crippen LogP contribution in [0.2, 0.25) is 0 Å². The highest BCUT2D eigenvalue weighted by atomic mass is 32.1. The second kappa shape index (κ2) is 7.48. The molecule has 0 aliphatic carbocycles. The number of para-hydroxylation sites is 1. The molecular weight excluding hydrogens is 416 g/mol. The maximum absolute atomic E-state index is 13.5. The number of Topliss-reactive ketones (excluding diaryl/α,β-unsaturated/α-hetero) is 2. The van der Waals surface area contributed by atoms with Gasteiger partial charge in [-0.1, -0.05) is 30.3 Å². The lowest BCUT2D eigenvalue weighted by atomic mass is 9.88. The lowest BCUT2D eigenvalue weighted by Gasteiger charge is -2.24. The predicted molar refractivity (Wildman–Crippen MR) is 114 cm³/mol. The van der Waals surface area contributed by atoms with Crippen molar-refractivity contribution < 1.29 is 23.5 Å². The Morgan fingerprint density at radius 3 is 2.58 bits per heavy atom. The van der Waals surface area contributed by atoms with Crippen molar-refractivity contribution in [1.82, 2.24) is 4.98 Å². The number of fused-ring (bicyclic) bond motifs is 1. The average molecular weight is 432 g/mol. The quantitative estimate of drug-likeness (QED) is 0.268. The van der Waals surface area contributed by atoms with Crippen molar-refractivity contribution in [3.63, 3.8) is 0 Å². The highest BCUT2D eigenvalue weighted by Gasteiger charge is 2.53. The van der Waals surface area contributed by atoms with Crippen LogP contribution in [0.15, 0.2) is 70.6 Å². The van der Waals surface area contributed by atoms with E-state index in [9.17, 15) is 14.4 Å². The molecule has 0 saturated carbocycles. The van der Waals surface area contributed by atoms with E-state index in [2.05, 4.69) is 4.98 Å². The molecule has 1 amide bonds. The minimum absolute atomic E-state index is 0.0480. The summed E-state index contributed by atoms with van der Waals surface area (Å²) in [5.41, 5.74) is 1.17. The van der Waals surface area contributed by atoms with Gasteiger partial charge in [0.1, 0.15) is 17.3 Å². The number of methoxy groups -OCH3 is 1. The third-order valence-corrected chi connectivity index (χ3v) is 6.11. The highest BCUT2D eigenvalue weighted by molar-refractivity contribution is 7.14. The number of benzene rings is 2. The van der Waals surface area contributed by atoms with Crippen LogP contribution in [0, 0.1) is 5.92 Å². The number of ketones is 2. The van der Waals surface area contributed by atoms with E-state index in [1.54, 1.807) is 61.2 Å². The van der Waals surface area contributed by atoms with Crippen molar-refractivity contribution in [2.45, 2.75) is 6.04 Å². The number of hydrogen-bond acceptors (Lipinski definition) is 7. The largest absolute Gasteiger partial charge is 0.497 e. The third-order valence-electron chi connectivity index (χ3n) is 5.34. The second-order valence-electron chi connectivity index (χ2n) is 7.06. The Hall–Kier alpha value is -3.78. The first-order chi connectivity index (χ1) is 15.1. The SMILES string of the molecule is COc1ccc(C2C(C(=O)c3cc4ccccc4o3)C(=O)C(=O)N2c2nccs2)cc1. The maximum Gasteiger partial charge on any atom is 0.297 e. The van der Waals surface area contributed by atoms with Gasteiger partial charge in [-0.05, 0) is 29.8 Å².